The summed E-state index contributed by atoms with van der Waals surface area (Å²) < 4.78 is 46.0. The first kappa shape index (κ1) is 18.9. The first-order valence-electron chi connectivity index (χ1n) is 7.61. The van der Waals surface area contributed by atoms with Crippen LogP contribution in [0, 0.1) is 5.82 Å². The Morgan fingerprint density at radius 3 is 2.54 bits per heavy atom. The van der Waals surface area contributed by atoms with E-state index >= 15 is 0 Å². The molecule has 1 N–H and O–H groups in total. The second-order valence-electron chi connectivity index (χ2n) is 5.18. The lowest BCUT2D eigenvalue weighted by atomic mass is 10.2. The van der Waals surface area contributed by atoms with Gasteiger partial charge in [0.05, 0.1) is 17.3 Å². The molecule has 0 saturated heterocycles. The third-order valence-corrected chi connectivity index (χ3v) is 5.68. The Balaban J connectivity index is 2.21. The van der Waals surface area contributed by atoms with Crippen LogP contribution in [-0.2, 0) is 10.0 Å². The van der Waals surface area contributed by atoms with Gasteiger partial charge in [-0.2, -0.15) is 0 Å². The zero-order chi connectivity index (χ0) is 17.7. The van der Waals surface area contributed by atoms with Gasteiger partial charge in [-0.25, -0.2) is 17.5 Å². The van der Waals surface area contributed by atoms with E-state index in [1.54, 1.807) is 12.3 Å². The molecule has 8 heteroatoms. The van der Waals surface area contributed by atoms with Gasteiger partial charge in [-0.05, 0) is 43.4 Å². The van der Waals surface area contributed by atoms with Crippen molar-refractivity contribution in [3.05, 3.63) is 53.2 Å². The zero-order valence-corrected chi connectivity index (χ0v) is 15.1. The van der Waals surface area contributed by atoms with Crippen molar-refractivity contribution in [1.82, 2.24) is 9.62 Å². The van der Waals surface area contributed by atoms with Crippen molar-refractivity contribution in [2.24, 2.45) is 0 Å². The van der Waals surface area contributed by atoms with E-state index in [1.807, 2.05) is 19.9 Å². The van der Waals surface area contributed by atoms with E-state index in [-0.39, 0.29) is 22.5 Å². The molecular formula is C16H20ClFN2O3S. The molecule has 0 fully saturated rings. The van der Waals surface area contributed by atoms with Gasteiger partial charge >= 0.3 is 0 Å². The van der Waals surface area contributed by atoms with E-state index in [0.717, 1.165) is 31.3 Å². The maximum absolute atomic E-state index is 13.1. The first-order chi connectivity index (χ1) is 11.4. The maximum atomic E-state index is 13.1. The quantitative estimate of drug-likeness (QED) is 0.768. The second-order valence-corrected chi connectivity index (χ2v) is 7.32. The summed E-state index contributed by atoms with van der Waals surface area (Å²) >= 11 is 5.86. The van der Waals surface area contributed by atoms with Crippen LogP contribution < -0.4 is 4.72 Å². The van der Waals surface area contributed by atoms with Crippen molar-refractivity contribution in [2.45, 2.75) is 24.8 Å². The fourth-order valence-electron chi connectivity index (χ4n) is 2.51. The molecule has 132 valence electrons. The van der Waals surface area contributed by atoms with Crippen LogP contribution in [0.2, 0.25) is 5.02 Å². The molecule has 2 rings (SSSR count). The van der Waals surface area contributed by atoms with Crippen LogP contribution in [0.15, 0.2) is 45.9 Å². The van der Waals surface area contributed by atoms with Crippen LogP contribution in [0.25, 0.3) is 0 Å². The largest absolute Gasteiger partial charge is 0.468 e. The molecule has 0 aliphatic rings. The summed E-state index contributed by atoms with van der Waals surface area (Å²) in [4.78, 5) is 1.93. The molecule has 24 heavy (non-hydrogen) atoms. The highest BCUT2D eigenvalue weighted by Gasteiger charge is 2.25. The van der Waals surface area contributed by atoms with Crippen LogP contribution in [0.3, 0.4) is 0 Å². The number of likely N-dealkylation sites (N-methyl/N-ethyl adjacent to an activating group) is 1. The number of sulfonamides is 1. The lowest BCUT2D eigenvalue weighted by Crippen LogP contribution is -2.38. The Hall–Kier alpha value is -1.41. The van der Waals surface area contributed by atoms with Crippen molar-refractivity contribution in [3.8, 4) is 0 Å². The predicted octanol–water partition coefficient (Wildman–Crippen LogP) is 3.43. The molecule has 0 amide bonds. The summed E-state index contributed by atoms with van der Waals surface area (Å²) in [5.41, 5.74) is 0. The van der Waals surface area contributed by atoms with Gasteiger partial charge < -0.3 is 4.42 Å². The molecule has 1 aromatic carbocycles. The molecule has 1 heterocycles. The molecule has 1 aromatic heterocycles. The number of furan rings is 1. The normalized spacial score (nSPS) is 13.4. The van der Waals surface area contributed by atoms with Gasteiger partial charge in [0.15, 0.2) is 0 Å². The molecule has 0 radical (unpaired) electrons. The Morgan fingerprint density at radius 1 is 1.29 bits per heavy atom. The summed E-state index contributed by atoms with van der Waals surface area (Å²) in [6.07, 6.45) is 1.55. The van der Waals surface area contributed by atoms with Crippen molar-refractivity contribution in [3.63, 3.8) is 0 Å². The number of nitrogens with one attached hydrogen (secondary N) is 1. The van der Waals surface area contributed by atoms with Gasteiger partial charge in [-0.1, -0.05) is 25.4 Å². The molecule has 0 bridgehead atoms. The zero-order valence-electron chi connectivity index (χ0n) is 13.5. The predicted molar refractivity (Wildman–Crippen MR) is 91.0 cm³/mol. The van der Waals surface area contributed by atoms with E-state index in [4.69, 9.17) is 16.0 Å². The molecule has 1 unspecified atom stereocenters. The smallest absolute Gasteiger partial charge is 0.242 e. The fraction of sp³-hybridized carbons (Fsp3) is 0.375. The Morgan fingerprint density at radius 2 is 2.00 bits per heavy atom. The SMILES string of the molecule is CCN(CC)C(CNS(=O)(=O)c1ccc(F)cc1Cl)c1ccco1. The molecule has 0 aliphatic heterocycles. The minimum atomic E-state index is -3.86. The third-order valence-electron chi connectivity index (χ3n) is 3.77. The van der Waals surface area contributed by atoms with Gasteiger partial charge in [-0.15, -0.1) is 0 Å². The summed E-state index contributed by atoms with van der Waals surface area (Å²) in [5.74, 6) is 0.0853. The second kappa shape index (κ2) is 8.11. The highest BCUT2D eigenvalue weighted by molar-refractivity contribution is 7.89. The summed E-state index contributed by atoms with van der Waals surface area (Å²) in [6, 6.07) is 6.52. The maximum Gasteiger partial charge on any atom is 0.242 e. The lowest BCUT2D eigenvalue weighted by Gasteiger charge is -2.28. The van der Waals surface area contributed by atoms with Crippen LogP contribution in [-0.4, -0.2) is 33.0 Å². The van der Waals surface area contributed by atoms with E-state index in [0.29, 0.717) is 5.76 Å². The number of rotatable bonds is 8. The fourth-order valence-corrected chi connectivity index (χ4v) is 4.08. The van der Waals surface area contributed by atoms with E-state index in [9.17, 15) is 12.8 Å². The van der Waals surface area contributed by atoms with Crippen LogP contribution >= 0.6 is 11.6 Å². The molecule has 1 atom stereocenters. The number of halogens is 2. The number of benzene rings is 1. The van der Waals surface area contributed by atoms with Crippen LogP contribution in [0.5, 0.6) is 0 Å². The monoisotopic (exact) mass is 374 g/mol. The Bertz CT molecular complexity index is 762. The highest BCUT2D eigenvalue weighted by atomic mass is 35.5. The molecular weight excluding hydrogens is 355 g/mol. The van der Waals surface area contributed by atoms with Gasteiger partial charge in [0.25, 0.3) is 0 Å². The number of hydrogen-bond acceptors (Lipinski definition) is 4. The van der Waals surface area contributed by atoms with Crippen molar-refractivity contribution in [2.75, 3.05) is 19.6 Å². The van der Waals surface area contributed by atoms with Crippen molar-refractivity contribution < 1.29 is 17.2 Å². The van der Waals surface area contributed by atoms with Gasteiger partial charge in [-0.3, -0.25) is 4.90 Å². The topological polar surface area (TPSA) is 62.6 Å². The van der Waals surface area contributed by atoms with Gasteiger partial charge in [0.1, 0.15) is 16.5 Å². The van der Waals surface area contributed by atoms with E-state index < -0.39 is 15.8 Å². The van der Waals surface area contributed by atoms with E-state index in [2.05, 4.69) is 9.62 Å². The molecule has 0 aliphatic carbocycles. The lowest BCUT2D eigenvalue weighted by molar-refractivity contribution is 0.194. The standard InChI is InChI=1S/C16H20ClFN2O3S/c1-3-20(4-2)14(15-6-5-9-23-15)11-19-24(21,22)16-8-7-12(18)10-13(16)17/h5-10,14,19H,3-4,11H2,1-2H3. The third kappa shape index (κ3) is 4.36. The minimum absolute atomic E-state index is 0.116. The van der Waals surface area contributed by atoms with Crippen LogP contribution in [0.1, 0.15) is 25.6 Å². The summed E-state index contributed by atoms with van der Waals surface area (Å²) in [5, 5.41) is -0.153. The summed E-state index contributed by atoms with van der Waals surface area (Å²) in [7, 11) is -3.86. The Labute approximate surface area is 146 Å². The average molecular weight is 375 g/mol. The Kier molecular flexibility index (Phi) is 6.40. The number of nitrogens with zero attached hydrogens (tertiary/aromatic N) is 1. The van der Waals surface area contributed by atoms with Gasteiger partial charge in [0, 0.05) is 6.54 Å². The van der Waals surface area contributed by atoms with Crippen molar-refractivity contribution >= 4 is 21.6 Å². The summed E-state index contributed by atoms with van der Waals surface area (Å²) in [6.45, 7) is 5.57. The number of hydrogen-bond donors (Lipinski definition) is 1. The van der Waals surface area contributed by atoms with Crippen molar-refractivity contribution in [1.29, 1.82) is 0 Å². The molecule has 5 nitrogen and oxygen atoms in total. The molecule has 0 saturated carbocycles. The average Bonchev–Trinajstić information content (AvgIpc) is 3.05. The van der Waals surface area contributed by atoms with Gasteiger partial charge in [0.2, 0.25) is 10.0 Å². The highest BCUT2D eigenvalue weighted by Crippen LogP contribution is 2.24. The molecule has 2 aromatic rings. The van der Waals surface area contributed by atoms with Crippen LogP contribution in [0.4, 0.5) is 4.39 Å². The first-order valence-corrected chi connectivity index (χ1v) is 9.47. The minimum Gasteiger partial charge on any atom is -0.468 e. The molecule has 0 spiro atoms. The van der Waals surface area contributed by atoms with E-state index in [1.165, 1.54) is 0 Å².